The summed E-state index contributed by atoms with van der Waals surface area (Å²) < 4.78 is 4.89. The Labute approximate surface area is 368 Å². The molecular weight excluding hydrogens is 881 g/mol. The summed E-state index contributed by atoms with van der Waals surface area (Å²) in [6.07, 6.45) is -5.08. The third-order valence-corrected chi connectivity index (χ3v) is 10.7. The standard InChI is InChI=1S/C36H54N8O17S2/c1-19(38-26(45)12-9-21(32(53)54)42-35(59)43-22(33(55)56)10-13-28(47)48)8-11-27(46)39-24(17-29(49)50)31(52)40-23(16-20-6-4-3-5-7-20)30(51)41-25(34(57)58)18-63-62-15-14-61-36(60)44-37-2/h3-7,19,21-26,37-38,45H,8-18H2,1-2H3,(H,39,46)(H,40,52)(H,41,51)(H,44,60)(H,47,48)(H,49,50)(H,53,54)(H,55,56)(H,57,58)(H2,42,43,59)/t19-,21+,22+,23-,24+,25-,26?/m1/s1. The minimum absolute atomic E-state index is 0.00481. The van der Waals surface area contributed by atoms with Crippen LogP contribution in [0.3, 0.4) is 0 Å². The fraction of sp³-hybridized carbons (Fsp3) is 0.556. The van der Waals surface area contributed by atoms with E-state index in [4.69, 9.17) is 9.84 Å². The Morgan fingerprint density at radius 2 is 1.24 bits per heavy atom. The van der Waals surface area contributed by atoms with E-state index in [2.05, 4.69) is 37.4 Å². The average Bonchev–Trinajstić information content (AvgIpc) is 3.20. The zero-order valence-corrected chi connectivity index (χ0v) is 35.8. The van der Waals surface area contributed by atoms with Gasteiger partial charge in [0, 0.05) is 43.9 Å². The number of hydrogen-bond donors (Lipinski definition) is 14. The lowest BCUT2D eigenvalue weighted by atomic mass is 10.0. The first-order chi connectivity index (χ1) is 29.7. The number of hydrazine groups is 1. The fourth-order valence-electron chi connectivity index (χ4n) is 5.22. The number of carbonyl (C=O) groups excluding carboxylic acids is 5. The summed E-state index contributed by atoms with van der Waals surface area (Å²) in [5, 5.41) is 71.1. The first-order valence-electron chi connectivity index (χ1n) is 19.1. The van der Waals surface area contributed by atoms with E-state index in [9.17, 15) is 73.5 Å². The maximum Gasteiger partial charge on any atom is 0.421 e. The number of urea groups is 1. The van der Waals surface area contributed by atoms with Gasteiger partial charge in [0.15, 0.2) is 0 Å². The number of aliphatic hydroxyl groups excluding tert-OH is 1. The van der Waals surface area contributed by atoms with Gasteiger partial charge in [-0.1, -0.05) is 51.9 Å². The summed E-state index contributed by atoms with van der Waals surface area (Å²) >= 11 is 0. The molecule has 27 heteroatoms. The van der Waals surface area contributed by atoms with Gasteiger partial charge in [0.05, 0.1) is 6.42 Å². The van der Waals surface area contributed by atoms with Gasteiger partial charge in [0.2, 0.25) is 17.7 Å². The van der Waals surface area contributed by atoms with E-state index < -0.39 is 121 Å². The molecular formula is C36H54N8O17S2. The van der Waals surface area contributed by atoms with E-state index in [1.807, 2.05) is 5.32 Å². The number of carboxylic acid groups (broad SMARTS) is 5. The Balaban J connectivity index is 2.85. The largest absolute Gasteiger partial charge is 0.481 e. The fourth-order valence-corrected chi connectivity index (χ4v) is 7.20. The number of ether oxygens (including phenoxy) is 1. The summed E-state index contributed by atoms with van der Waals surface area (Å²) in [7, 11) is 3.72. The maximum absolute atomic E-state index is 13.5. The zero-order chi connectivity index (χ0) is 47.5. The number of rotatable bonds is 32. The molecule has 0 aliphatic heterocycles. The van der Waals surface area contributed by atoms with Crippen LogP contribution in [-0.4, -0.2) is 158 Å². The van der Waals surface area contributed by atoms with E-state index in [1.165, 1.54) is 17.8 Å². The van der Waals surface area contributed by atoms with Crippen LogP contribution in [0, 0.1) is 0 Å². The SMILES string of the molecule is CNNC(=O)OCCSSC[C@@H](NC(=O)[C@@H](Cc1ccccc1)NC(=O)[C@H](CC(=O)O)NC(=O)CC[C@@H](C)NC(O)CC[C@H](NC(=O)N[C@@H](CCC(=O)O)C(=O)O)C(=O)O)C(=O)O. The molecule has 0 saturated heterocycles. The zero-order valence-electron chi connectivity index (χ0n) is 34.2. The smallest absolute Gasteiger partial charge is 0.421 e. The van der Waals surface area contributed by atoms with Crippen LogP contribution in [0.5, 0.6) is 0 Å². The number of amides is 6. The van der Waals surface area contributed by atoms with Crippen LogP contribution in [0.4, 0.5) is 9.59 Å². The van der Waals surface area contributed by atoms with E-state index in [-0.39, 0.29) is 44.5 Å². The van der Waals surface area contributed by atoms with Gasteiger partial charge < -0.3 is 62.0 Å². The van der Waals surface area contributed by atoms with E-state index in [0.717, 1.165) is 10.8 Å². The minimum Gasteiger partial charge on any atom is -0.481 e. The highest BCUT2D eigenvalue weighted by Gasteiger charge is 2.31. The summed E-state index contributed by atoms with van der Waals surface area (Å²) in [5.74, 6) is -9.82. The molecule has 0 aliphatic carbocycles. The van der Waals surface area contributed by atoms with Crippen LogP contribution in [-0.2, 0) is 49.5 Å². The van der Waals surface area contributed by atoms with Crippen molar-refractivity contribution in [1.82, 2.24) is 42.8 Å². The highest BCUT2D eigenvalue weighted by atomic mass is 33.1. The van der Waals surface area contributed by atoms with Crippen molar-refractivity contribution in [1.29, 1.82) is 0 Å². The Kier molecular flexibility index (Phi) is 26.4. The molecule has 0 saturated carbocycles. The molecule has 7 atom stereocenters. The normalized spacial score (nSPS) is 14.1. The molecule has 0 aliphatic rings. The highest BCUT2D eigenvalue weighted by molar-refractivity contribution is 8.76. The molecule has 0 radical (unpaired) electrons. The van der Waals surface area contributed by atoms with Crippen molar-refractivity contribution in [2.75, 3.05) is 25.2 Å². The van der Waals surface area contributed by atoms with Crippen molar-refractivity contribution in [2.24, 2.45) is 0 Å². The molecule has 0 spiro atoms. The quantitative estimate of drug-likeness (QED) is 0.0168. The molecule has 1 aromatic carbocycles. The summed E-state index contributed by atoms with van der Waals surface area (Å²) in [6, 6.07) is -1.26. The van der Waals surface area contributed by atoms with Crippen molar-refractivity contribution in [3.05, 3.63) is 35.9 Å². The topological polar surface area (TPSA) is 398 Å². The van der Waals surface area contributed by atoms with Gasteiger partial charge in [-0.25, -0.2) is 29.4 Å². The lowest BCUT2D eigenvalue weighted by molar-refractivity contribution is -0.142. The van der Waals surface area contributed by atoms with Crippen molar-refractivity contribution in [3.8, 4) is 0 Å². The predicted molar refractivity (Wildman–Crippen MR) is 223 cm³/mol. The van der Waals surface area contributed by atoms with Crippen LogP contribution >= 0.6 is 21.6 Å². The van der Waals surface area contributed by atoms with Gasteiger partial charge >= 0.3 is 42.0 Å². The molecule has 0 heterocycles. The number of carbonyl (C=O) groups is 10. The second-order valence-electron chi connectivity index (χ2n) is 13.5. The van der Waals surface area contributed by atoms with E-state index in [0.29, 0.717) is 11.3 Å². The van der Waals surface area contributed by atoms with Crippen LogP contribution in [0.1, 0.15) is 57.4 Å². The van der Waals surface area contributed by atoms with E-state index in [1.54, 1.807) is 37.3 Å². The summed E-state index contributed by atoms with van der Waals surface area (Å²) in [5.41, 5.74) is 5.16. The third-order valence-electron chi connectivity index (χ3n) is 8.37. The molecule has 1 unspecified atom stereocenters. The maximum atomic E-state index is 13.5. The molecule has 352 valence electrons. The Bertz CT molecular complexity index is 1710. The number of nitrogens with one attached hydrogen (secondary N) is 8. The summed E-state index contributed by atoms with van der Waals surface area (Å²) in [4.78, 5) is 121. The van der Waals surface area contributed by atoms with Gasteiger partial charge in [-0.3, -0.25) is 34.7 Å². The van der Waals surface area contributed by atoms with Crippen molar-refractivity contribution in [2.45, 2.75) is 101 Å². The molecule has 0 fully saturated rings. The van der Waals surface area contributed by atoms with Crippen LogP contribution in [0.15, 0.2) is 30.3 Å². The molecule has 0 aromatic heterocycles. The summed E-state index contributed by atoms with van der Waals surface area (Å²) in [6.45, 7) is 1.56. The van der Waals surface area contributed by atoms with Crippen molar-refractivity contribution in [3.63, 3.8) is 0 Å². The molecule has 14 N–H and O–H groups in total. The Hall–Kier alpha value is -5.90. The monoisotopic (exact) mass is 934 g/mol. The van der Waals surface area contributed by atoms with Gasteiger partial charge in [0.25, 0.3) is 0 Å². The van der Waals surface area contributed by atoms with Gasteiger partial charge in [-0.2, -0.15) is 0 Å². The molecule has 63 heavy (non-hydrogen) atoms. The van der Waals surface area contributed by atoms with Crippen molar-refractivity contribution >= 4 is 81.3 Å². The van der Waals surface area contributed by atoms with Gasteiger partial charge in [0.1, 0.15) is 43.0 Å². The Morgan fingerprint density at radius 1 is 0.651 bits per heavy atom. The second-order valence-corrected chi connectivity index (χ2v) is 16.1. The van der Waals surface area contributed by atoms with Gasteiger partial charge in [-0.05, 0) is 38.2 Å². The number of carboxylic acids is 5. The molecule has 1 aromatic rings. The second kappa shape index (κ2) is 30.2. The third kappa shape index (κ3) is 25.0. The lowest BCUT2D eigenvalue weighted by Crippen LogP contribution is -2.57. The average molecular weight is 935 g/mol. The first kappa shape index (κ1) is 55.1. The van der Waals surface area contributed by atoms with Gasteiger partial charge in [-0.15, -0.1) is 0 Å². The minimum atomic E-state index is -1.69. The first-order valence-corrected chi connectivity index (χ1v) is 21.6. The Morgan fingerprint density at radius 3 is 1.81 bits per heavy atom. The molecule has 25 nitrogen and oxygen atoms in total. The predicted octanol–water partition coefficient (Wildman–Crippen LogP) is -1.59. The number of aliphatic carboxylic acids is 5. The number of benzene rings is 1. The highest BCUT2D eigenvalue weighted by Crippen LogP contribution is 2.22. The lowest BCUT2D eigenvalue weighted by Gasteiger charge is -2.24. The van der Waals surface area contributed by atoms with Crippen molar-refractivity contribution < 1.29 is 83.3 Å². The number of aliphatic hydroxyl groups is 1. The molecule has 0 bridgehead atoms. The molecule has 6 amide bonds. The van der Waals surface area contributed by atoms with Crippen LogP contribution < -0.4 is 42.8 Å². The molecule has 1 rings (SSSR count). The number of hydrogen-bond acceptors (Lipinski definition) is 16. The van der Waals surface area contributed by atoms with Crippen LogP contribution in [0.2, 0.25) is 0 Å². The van der Waals surface area contributed by atoms with E-state index >= 15 is 0 Å². The van der Waals surface area contributed by atoms with Crippen LogP contribution in [0.25, 0.3) is 0 Å².